The van der Waals surface area contributed by atoms with E-state index in [1.54, 1.807) is 0 Å². The van der Waals surface area contributed by atoms with E-state index in [-0.39, 0.29) is 5.69 Å². The fourth-order valence-corrected chi connectivity index (χ4v) is 3.23. The molecular formula is C14H16F3NO2S. The first kappa shape index (κ1) is 15.9. The number of alkyl halides is 3. The molecule has 1 aliphatic rings. The Balaban J connectivity index is 2.14. The minimum Gasteiger partial charge on any atom is -0.384 e. The molecule has 1 aromatic rings. The zero-order valence-corrected chi connectivity index (χ0v) is 12.1. The van der Waals surface area contributed by atoms with Gasteiger partial charge in [0.25, 0.3) is 9.84 Å². The number of anilines is 1. The van der Waals surface area contributed by atoms with Gasteiger partial charge in [-0.25, -0.2) is 8.42 Å². The second-order valence-electron chi connectivity index (χ2n) is 4.88. The van der Waals surface area contributed by atoms with Crippen LogP contribution in [-0.2, 0) is 9.84 Å². The van der Waals surface area contributed by atoms with E-state index >= 15 is 0 Å². The smallest absolute Gasteiger partial charge is 0.384 e. The lowest BCUT2D eigenvalue weighted by atomic mass is 10.1. The van der Waals surface area contributed by atoms with Crippen molar-refractivity contribution >= 4 is 15.5 Å². The third-order valence-electron chi connectivity index (χ3n) is 3.38. The van der Waals surface area contributed by atoms with Gasteiger partial charge in [0.05, 0.1) is 10.6 Å². The van der Waals surface area contributed by atoms with Gasteiger partial charge in [-0.3, -0.25) is 0 Å². The van der Waals surface area contributed by atoms with Crippen molar-refractivity contribution in [3.05, 3.63) is 35.9 Å². The number of allylic oxidation sites excluding steroid dienone is 1. The van der Waals surface area contributed by atoms with Crippen LogP contribution in [0.15, 0.2) is 40.8 Å². The highest BCUT2D eigenvalue weighted by molar-refractivity contribution is 7.92. The number of sulfone groups is 1. The maximum absolute atomic E-state index is 12.6. The zero-order chi connectivity index (χ0) is 15.5. The van der Waals surface area contributed by atoms with E-state index in [1.165, 1.54) is 23.8 Å². The highest BCUT2D eigenvalue weighted by atomic mass is 32.2. The Labute approximate surface area is 121 Å². The van der Waals surface area contributed by atoms with E-state index in [9.17, 15) is 21.6 Å². The molecule has 0 heterocycles. The molecule has 0 saturated carbocycles. The Hall–Kier alpha value is -1.50. The first-order chi connectivity index (χ1) is 9.82. The average Bonchev–Trinajstić information content (AvgIpc) is 2.91. The summed E-state index contributed by atoms with van der Waals surface area (Å²) in [4.78, 5) is -0.724. The number of halogens is 3. The molecule has 0 unspecified atom stereocenters. The molecule has 0 saturated heterocycles. The van der Waals surface area contributed by atoms with Gasteiger partial charge in [0, 0.05) is 6.54 Å². The van der Waals surface area contributed by atoms with Gasteiger partial charge in [-0.05, 0) is 37.8 Å². The topological polar surface area (TPSA) is 46.2 Å². The SMILES string of the molecule is O=S(=O)(c1ccccc1NCCC1=CCCC1)C(F)(F)F. The fraction of sp³-hybridized carbons (Fsp3) is 0.429. The molecule has 3 nitrogen and oxygen atoms in total. The van der Waals surface area contributed by atoms with E-state index in [2.05, 4.69) is 11.4 Å². The molecule has 2 rings (SSSR count). The highest BCUT2D eigenvalue weighted by Crippen LogP contribution is 2.34. The standard InChI is InChI=1S/C14H16F3NO2S/c15-14(16,17)21(19,20)13-8-4-3-7-12(13)18-10-9-11-5-1-2-6-11/h3-5,7-8,18H,1-2,6,9-10H2. The van der Waals surface area contributed by atoms with Crippen molar-refractivity contribution in [3.8, 4) is 0 Å². The number of benzene rings is 1. The highest BCUT2D eigenvalue weighted by Gasteiger charge is 2.47. The van der Waals surface area contributed by atoms with Crippen LogP contribution in [0, 0.1) is 0 Å². The third-order valence-corrected chi connectivity index (χ3v) is 4.92. The number of nitrogens with one attached hydrogen (secondary N) is 1. The van der Waals surface area contributed by atoms with Crippen LogP contribution in [0.2, 0.25) is 0 Å². The lowest BCUT2D eigenvalue weighted by Crippen LogP contribution is -2.24. The summed E-state index contributed by atoms with van der Waals surface area (Å²) in [6.45, 7) is 0.413. The van der Waals surface area contributed by atoms with Crippen LogP contribution in [0.25, 0.3) is 0 Å². The lowest BCUT2D eigenvalue weighted by Gasteiger charge is -2.14. The molecular weight excluding hydrogens is 303 g/mol. The molecule has 0 atom stereocenters. The van der Waals surface area contributed by atoms with Gasteiger partial charge in [-0.2, -0.15) is 13.2 Å². The second-order valence-corrected chi connectivity index (χ2v) is 6.79. The second kappa shape index (κ2) is 6.09. The van der Waals surface area contributed by atoms with Crippen molar-refractivity contribution < 1.29 is 21.6 Å². The number of hydrogen-bond donors (Lipinski definition) is 1. The van der Waals surface area contributed by atoms with E-state index in [0.717, 1.165) is 25.3 Å². The van der Waals surface area contributed by atoms with Crippen molar-refractivity contribution in [2.45, 2.75) is 36.1 Å². The summed E-state index contributed by atoms with van der Waals surface area (Å²) in [5.74, 6) is 0. The van der Waals surface area contributed by atoms with Crippen molar-refractivity contribution in [3.63, 3.8) is 0 Å². The Morgan fingerprint density at radius 1 is 1.19 bits per heavy atom. The van der Waals surface area contributed by atoms with Crippen molar-refractivity contribution in [2.75, 3.05) is 11.9 Å². The van der Waals surface area contributed by atoms with Gasteiger partial charge in [0.2, 0.25) is 0 Å². The van der Waals surface area contributed by atoms with Crippen LogP contribution in [0.1, 0.15) is 25.7 Å². The van der Waals surface area contributed by atoms with Gasteiger partial charge in [0.15, 0.2) is 0 Å². The van der Waals surface area contributed by atoms with E-state index in [4.69, 9.17) is 0 Å². The maximum Gasteiger partial charge on any atom is 0.501 e. The molecule has 0 spiro atoms. The Morgan fingerprint density at radius 3 is 2.52 bits per heavy atom. The molecule has 1 aliphatic carbocycles. The molecule has 21 heavy (non-hydrogen) atoms. The van der Waals surface area contributed by atoms with Gasteiger partial charge in [-0.15, -0.1) is 0 Å². The van der Waals surface area contributed by atoms with Crippen LogP contribution < -0.4 is 5.32 Å². The van der Waals surface area contributed by atoms with Crippen LogP contribution in [0.4, 0.5) is 18.9 Å². The molecule has 7 heteroatoms. The summed E-state index contributed by atoms with van der Waals surface area (Å²) < 4.78 is 61.0. The Bertz CT molecular complexity index is 636. The van der Waals surface area contributed by atoms with Crippen molar-refractivity contribution in [1.29, 1.82) is 0 Å². The predicted molar refractivity (Wildman–Crippen MR) is 74.7 cm³/mol. The van der Waals surface area contributed by atoms with Crippen molar-refractivity contribution in [1.82, 2.24) is 0 Å². The Kier molecular flexibility index (Phi) is 4.61. The minimum atomic E-state index is -5.33. The molecule has 0 radical (unpaired) electrons. The predicted octanol–water partition coefficient (Wildman–Crippen LogP) is 3.89. The quantitative estimate of drug-likeness (QED) is 0.838. The number of rotatable bonds is 5. The monoisotopic (exact) mass is 319 g/mol. The summed E-state index contributed by atoms with van der Waals surface area (Å²) in [5, 5.41) is 2.80. The molecule has 1 N–H and O–H groups in total. The van der Waals surface area contributed by atoms with Crippen LogP contribution >= 0.6 is 0 Å². The summed E-state index contributed by atoms with van der Waals surface area (Å²) >= 11 is 0. The summed E-state index contributed by atoms with van der Waals surface area (Å²) in [6, 6.07) is 5.11. The largest absolute Gasteiger partial charge is 0.501 e. The third kappa shape index (κ3) is 3.58. The molecule has 0 bridgehead atoms. The van der Waals surface area contributed by atoms with Crippen LogP contribution in [0.3, 0.4) is 0 Å². The first-order valence-electron chi connectivity index (χ1n) is 6.64. The van der Waals surface area contributed by atoms with E-state index in [1.807, 2.05) is 0 Å². The average molecular weight is 319 g/mol. The van der Waals surface area contributed by atoms with E-state index in [0.29, 0.717) is 13.0 Å². The normalized spacial score (nSPS) is 15.9. The van der Waals surface area contributed by atoms with Gasteiger partial charge in [-0.1, -0.05) is 23.8 Å². The summed E-state index contributed by atoms with van der Waals surface area (Å²) in [7, 11) is -5.33. The summed E-state index contributed by atoms with van der Waals surface area (Å²) in [6.07, 6.45) is 5.98. The molecule has 1 aromatic carbocycles. The number of para-hydroxylation sites is 1. The number of hydrogen-bond acceptors (Lipinski definition) is 3. The minimum absolute atomic E-state index is 0.00609. The lowest BCUT2D eigenvalue weighted by molar-refractivity contribution is -0.0435. The molecule has 116 valence electrons. The Morgan fingerprint density at radius 2 is 1.90 bits per heavy atom. The first-order valence-corrected chi connectivity index (χ1v) is 8.13. The van der Waals surface area contributed by atoms with Crippen molar-refractivity contribution in [2.24, 2.45) is 0 Å². The summed E-state index contributed by atoms with van der Waals surface area (Å²) in [5.41, 5.74) is -4.04. The van der Waals surface area contributed by atoms with Gasteiger partial charge < -0.3 is 5.32 Å². The maximum atomic E-state index is 12.6. The zero-order valence-electron chi connectivity index (χ0n) is 11.3. The van der Waals surface area contributed by atoms with Gasteiger partial charge >= 0.3 is 5.51 Å². The van der Waals surface area contributed by atoms with Gasteiger partial charge in [0.1, 0.15) is 0 Å². The van der Waals surface area contributed by atoms with Crippen LogP contribution in [-0.4, -0.2) is 20.5 Å². The van der Waals surface area contributed by atoms with Crippen LogP contribution in [0.5, 0.6) is 0 Å². The molecule has 0 aliphatic heterocycles. The van der Waals surface area contributed by atoms with E-state index < -0.39 is 20.2 Å². The molecule has 0 aromatic heterocycles. The molecule has 0 amide bonds. The molecule has 0 fully saturated rings. The fourth-order valence-electron chi connectivity index (χ4n) is 2.29.